The summed E-state index contributed by atoms with van der Waals surface area (Å²) in [5, 5.41) is 2.96. The fraction of sp³-hybridized carbons (Fsp3) is 0.462. The molecule has 90 valence electrons. The maximum absolute atomic E-state index is 11.1. The normalized spacial score (nSPS) is 23.5. The average Bonchev–Trinajstić information content (AvgIpc) is 2.74. The van der Waals surface area contributed by atoms with Gasteiger partial charge in [-0.1, -0.05) is 30.3 Å². The fourth-order valence-corrected chi connectivity index (χ4v) is 2.33. The van der Waals surface area contributed by atoms with Gasteiger partial charge in [0.25, 0.3) is 0 Å². The van der Waals surface area contributed by atoms with Crippen LogP contribution >= 0.6 is 0 Å². The van der Waals surface area contributed by atoms with E-state index in [1.165, 1.54) is 5.56 Å². The van der Waals surface area contributed by atoms with E-state index in [4.69, 9.17) is 4.74 Å². The summed E-state index contributed by atoms with van der Waals surface area (Å²) >= 11 is 0. The number of rotatable bonds is 4. The highest BCUT2D eigenvalue weighted by Gasteiger charge is 2.28. The molecule has 1 aromatic carbocycles. The van der Waals surface area contributed by atoms with Crippen LogP contribution in [0.15, 0.2) is 30.3 Å². The minimum absolute atomic E-state index is 0.0326. The Hall–Kier alpha value is -1.29. The van der Waals surface area contributed by atoms with E-state index in [2.05, 4.69) is 17.4 Å². The molecular formula is C13H18BNO2. The molecule has 1 aromatic rings. The van der Waals surface area contributed by atoms with E-state index in [1.807, 2.05) is 18.2 Å². The van der Waals surface area contributed by atoms with Crippen molar-refractivity contribution in [1.29, 1.82) is 0 Å². The zero-order valence-electron chi connectivity index (χ0n) is 10.2. The monoisotopic (exact) mass is 231 g/mol. The maximum atomic E-state index is 11.1. The number of hydrogen-bond donors (Lipinski definition) is 1. The summed E-state index contributed by atoms with van der Waals surface area (Å²) in [4.78, 5) is 11.1. The van der Waals surface area contributed by atoms with Crippen LogP contribution in [-0.4, -0.2) is 25.8 Å². The molecule has 1 amide bonds. The molecule has 0 radical (unpaired) electrons. The van der Waals surface area contributed by atoms with Crippen LogP contribution in [-0.2, 0) is 11.3 Å². The van der Waals surface area contributed by atoms with Gasteiger partial charge in [-0.3, -0.25) is 4.79 Å². The van der Waals surface area contributed by atoms with Gasteiger partial charge in [-0.25, -0.2) is 0 Å². The Bertz CT molecular complexity index is 369. The van der Waals surface area contributed by atoms with Crippen LogP contribution in [0.5, 0.6) is 0 Å². The number of amides is 1. The molecule has 1 fully saturated rings. The summed E-state index contributed by atoms with van der Waals surface area (Å²) in [7, 11) is 1.56. The maximum Gasteiger partial charge on any atom is 0.215 e. The standard InChI is InChI=1S/C13H18BNO2/c14-13(16)15-11-7-4-8-12(11)17-9-10-5-2-1-3-6-10/h1-3,5-6,11-12H,4,7-9,14H2,(H,15,16)/t11-,12-/m1/s1. The summed E-state index contributed by atoms with van der Waals surface area (Å²) in [6.45, 7) is 0.627. The highest BCUT2D eigenvalue weighted by Crippen LogP contribution is 2.23. The Morgan fingerprint density at radius 1 is 1.35 bits per heavy atom. The number of ether oxygens (including phenoxy) is 1. The Morgan fingerprint density at radius 2 is 2.12 bits per heavy atom. The van der Waals surface area contributed by atoms with Crippen LogP contribution in [0.25, 0.3) is 0 Å². The molecule has 1 aliphatic rings. The summed E-state index contributed by atoms with van der Waals surface area (Å²) in [5.74, 6) is 0.0326. The SMILES string of the molecule is BC(=O)N[C@@H]1CCC[C@H]1OCc1ccccc1. The highest BCUT2D eigenvalue weighted by atomic mass is 16.5. The highest BCUT2D eigenvalue weighted by molar-refractivity contribution is 6.57. The van der Waals surface area contributed by atoms with Gasteiger partial charge in [0.05, 0.1) is 18.8 Å². The Kier molecular flexibility index (Phi) is 4.21. The molecule has 2 rings (SSSR count). The Morgan fingerprint density at radius 3 is 2.82 bits per heavy atom. The molecule has 0 aliphatic heterocycles. The minimum atomic E-state index is 0.0326. The first-order valence-corrected chi connectivity index (χ1v) is 6.18. The minimum Gasteiger partial charge on any atom is -0.371 e. The second-order valence-electron chi connectivity index (χ2n) is 4.57. The molecule has 0 heterocycles. The van der Waals surface area contributed by atoms with Gasteiger partial charge in [-0.15, -0.1) is 0 Å². The van der Waals surface area contributed by atoms with Crippen molar-refractivity contribution >= 4 is 13.7 Å². The van der Waals surface area contributed by atoms with E-state index in [-0.39, 0.29) is 18.0 Å². The van der Waals surface area contributed by atoms with Gasteiger partial charge < -0.3 is 10.1 Å². The van der Waals surface area contributed by atoms with Gasteiger partial charge in [-0.05, 0) is 24.8 Å². The van der Waals surface area contributed by atoms with E-state index in [0.29, 0.717) is 6.61 Å². The third-order valence-corrected chi connectivity index (χ3v) is 3.15. The van der Waals surface area contributed by atoms with E-state index in [9.17, 15) is 4.79 Å². The molecule has 0 unspecified atom stereocenters. The number of hydrogen-bond acceptors (Lipinski definition) is 2. The molecule has 2 atom stereocenters. The average molecular weight is 231 g/mol. The number of benzene rings is 1. The van der Waals surface area contributed by atoms with Crippen molar-refractivity contribution in [3.63, 3.8) is 0 Å². The lowest BCUT2D eigenvalue weighted by Gasteiger charge is -2.21. The zero-order chi connectivity index (χ0) is 12.1. The predicted octanol–water partition coefficient (Wildman–Crippen LogP) is 1.47. The van der Waals surface area contributed by atoms with E-state index in [0.717, 1.165) is 19.3 Å². The number of carbonyl (C=O) groups is 1. The van der Waals surface area contributed by atoms with Gasteiger partial charge in [-0.2, -0.15) is 0 Å². The second kappa shape index (κ2) is 5.87. The van der Waals surface area contributed by atoms with Crippen LogP contribution in [0.2, 0.25) is 0 Å². The van der Waals surface area contributed by atoms with Crippen LogP contribution in [0, 0.1) is 0 Å². The smallest absolute Gasteiger partial charge is 0.215 e. The third-order valence-electron chi connectivity index (χ3n) is 3.15. The lowest BCUT2D eigenvalue weighted by Crippen LogP contribution is -2.40. The molecule has 0 bridgehead atoms. The lowest BCUT2D eigenvalue weighted by molar-refractivity contribution is 0.0308. The predicted molar refractivity (Wildman–Crippen MR) is 69.7 cm³/mol. The van der Waals surface area contributed by atoms with E-state index in [1.54, 1.807) is 7.85 Å². The van der Waals surface area contributed by atoms with E-state index >= 15 is 0 Å². The topological polar surface area (TPSA) is 38.3 Å². The van der Waals surface area contributed by atoms with Crippen molar-refractivity contribution in [3.8, 4) is 0 Å². The lowest BCUT2D eigenvalue weighted by atomic mass is 10.1. The van der Waals surface area contributed by atoms with Crippen LogP contribution in [0.4, 0.5) is 4.79 Å². The molecule has 17 heavy (non-hydrogen) atoms. The van der Waals surface area contributed by atoms with Crippen molar-refractivity contribution in [2.45, 2.75) is 38.0 Å². The van der Waals surface area contributed by atoms with Crippen molar-refractivity contribution in [2.75, 3.05) is 0 Å². The van der Waals surface area contributed by atoms with Crippen LogP contribution in [0.3, 0.4) is 0 Å². The molecule has 0 aromatic heterocycles. The Balaban J connectivity index is 1.84. The molecule has 1 aliphatic carbocycles. The van der Waals surface area contributed by atoms with Crippen LogP contribution < -0.4 is 5.32 Å². The van der Waals surface area contributed by atoms with Crippen molar-refractivity contribution < 1.29 is 9.53 Å². The summed E-state index contributed by atoms with van der Waals surface area (Å²) in [6, 6.07) is 10.3. The fourth-order valence-electron chi connectivity index (χ4n) is 2.33. The number of nitrogens with one attached hydrogen (secondary N) is 1. The summed E-state index contributed by atoms with van der Waals surface area (Å²) in [5.41, 5.74) is 1.18. The van der Waals surface area contributed by atoms with E-state index < -0.39 is 0 Å². The summed E-state index contributed by atoms with van der Waals surface area (Å²) < 4.78 is 5.89. The second-order valence-corrected chi connectivity index (χ2v) is 4.57. The largest absolute Gasteiger partial charge is 0.371 e. The molecule has 3 nitrogen and oxygen atoms in total. The zero-order valence-corrected chi connectivity index (χ0v) is 10.2. The summed E-state index contributed by atoms with van der Waals surface area (Å²) in [6.07, 6.45) is 3.36. The molecular weight excluding hydrogens is 213 g/mol. The first-order valence-electron chi connectivity index (χ1n) is 6.18. The van der Waals surface area contributed by atoms with Crippen molar-refractivity contribution in [1.82, 2.24) is 5.32 Å². The first kappa shape index (κ1) is 12.2. The first-order chi connectivity index (χ1) is 8.25. The van der Waals surface area contributed by atoms with Gasteiger partial charge in [0, 0.05) is 0 Å². The third kappa shape index (κ3) is 3.60. The van der Waals surface area contributed by atoms with Crippen LogP contribution in [0.1, 0.15) is 24.8 Å². The molecule has 1 saturated carbocycles. The Labute approximate surface area is 103 Å². The molecule has 0 saturated heterocycles. The quantitative estimate of drug-likeness (QED) is 0.797. The number of carbonyl (C=O) groups excluding carboxylic acids is 1. The molecule has 4 heteroatoms. The van der Waals surface area contributed by atoms with Gasteiger partial charge in [0.2, 0.25) is 7.85 Å². The van der Waals surface area contributed by atoms with Gasteiger partial charge in [0.1, 0.15) is 0 Å². The van der Waals surface area contributed by atoms with Crippen molar-refractivity contribution in [2.24, 2.45) is 0 Å². The molecule has 1 N–H and O–H groups in total. The van der Waals surface area contributed by atoms with Crippen molar-refractivity contribution in [3.05, 3.63) is 35.9 Å². The van der Waals surface area contributed by atoms with Gasteiger partial charge in [0.15, 0.2) is 5.81 Å². The van der Waals surface area contributed by atoms with Gasteiger partial charge >= 0.3 is 0 Å². The molecule has 0 spiro atoms.